The summed E-state index contributed by atoms with van der Waals surface area (Å²) in [7, 11) is 0. The lowest BCUT2D eigenvalue weighted by Crippen LogP contribution is -2.29. The first kappa shape index (κ1) is 19.9. The molecule has 0 saturated heterocycles. The van der Waals surface area contributed by atoms with E-state index in [-0.39, 0.29) is 17.7 Å². The highest BCUT2D eigenvalue weighted by molar-refractivity contribution is 7.14. The molecule has 6 heteroatoms. The number of aryl methyl sites for hydroxylation is 1. The van der Waals surface area contributed by atoms with Crippen molar-refractivity contribution in [2.24, 2.45) is 5.92 Å². The van der Waals surface area contributed by atoms with Gasteiger partial charge in [-0.05, 0) is 55.5 Å². The second-order valence-electron chi connectivity index (χ2n) is 8.37. The number of fused-ring (bicyclic) bond motifs is 1. The van der Waals surface area contributed by atoms with Gasteiger partial charge in [0.15, 0.2) is 5.13 Å². The average Bonchev–Trinajstić information content (AvgIpc) is 3.53. The Balaban J connectivity index is 1.33. The molecule has 0 atom stereocenters. The Morgan fingerprint density at radius 2 is 1.94 bits per heavy atom. The normalized spacial score (nSPS) is 15.8. The molecule has 158 valence electrons. The molecule has 0 unspecified atom stereocenters. The van der Waals surface area contributed by atoms with Crippen LogP contribution in [0.25, 0.3) is 11.3 Å². The van der Waals surface area contributed by atoms with E-state index in [2.05, 4.69) is 16.4 Å². The van der Waals surface area contributed by atoms with Crippen LogP contribution < -0.4 is 10.2 Å². The molecule has 1 fully saturated rings. The molecule has 0 radical (unpaired) electrons. The van der Waals surface area contributed by atoms with Gasteiger partial charge in [0.2, 0.25) is 5.91 Å². The van der Waals surface area contributed by atoms with Gasteiger partial charge < -0.3 is 10.2 Å². The van der Waals surface area contributed by atoms with Gasteiger partial charge in [-0.15, -0.1) is 11.3 Å². The molecule has 0 bridgehead atoms. The lowest BCUT2D eigenvalue weighted by molar-refractivity contribution is -0.119. The predicted molar refractivity (Wildman–Crippen MR) is 125 cm³/mol. The van der Waals surface area contributed by atoms with Gasteiger partial charge in [0.25, 0.3) is 5.91 Å². The van der Waals surface area contributed by atoms with Crippen LogP contribution in [0.15, 0.2) is 47.8 Å². The quantitative estimate of drug-likeness (QED) is 0.597. The summed E-state index contributed by atoms with van der Waals surface area (Å²) in [6, 6.07) is 13.9. The van der Waals surface area contributed by atoms with Crippen LogP contribution in [-0.4, -0.2) is 23.3 Å². The van der Waals surface area contributed by atoms with Crippen LogP contribution in [0.2, 0.25) is 0 Å². The second-order valence-corrected chi connectivity index (χ2v) is 9.23. The van der Waals surface area contributed by atoms with Gasteiger partial charge in [-0.1, -0.05) is 37.1 Å². The fraction of sp³-hybridized carbons (Fsp3) is 0.320. The first-order chi connectivity index (χ1) is 15.1. The molecule has 1 aromatic heterocycles. The minimum Gasteiger partial charge on any atom is -0.308 e. The summed E-state index contributed by atoms with van der Waals surface area (Å²) in [4.78, 5) is 32.0. The molecular weight excluding hydrogens is 406 g/mol. The van der Waals surface area contributed by atoms with E-state index in [1.54, 1.807) is 0 Å². The van der Waals surface area contributed by atoms with Crippen molar-refractivity contribution in [2.75, 3.05) is 16.8 Å². The molecule has 1 saturated carbocycles. The number of carbonyl (C=O) groups is 2. The third-order valence-corrected chi connectivity index (χ3v) is 7.11. The minimum atomic E-state index is 0.0511. The van der Waals surface area contributed by atoms with Crippen LogP contribution in [-0.2, 0) is 11.2 Å². The summed E-state index contributed by atoms with van der Waals surface area (Å²) >= 11 is 1.46. The fourth-order valence-electron chi connectivity index (χ4n) is 4.59. The Kier molecular flexibility index (Phi) is 5.32. The van der Waals surface area contributed by atoms with Crippen LogP contribution in [0.4, 0.5) is 10.8 Å². The van der Waals surface area contributed by atoms with Crippen molar-refractivity contribution in [1.82, 2.24) is 4.98 Å². The van der Waals surface area contributed by atoms with Crippen LogP contribution in [0, 0.1) is 12.8 Å². The Hall–Kier alpha value is -2.99. The number of nitrogens with zero attached hydrogens (tertiary/aromatic N) is 2. The molecule has 1 N–H and O–H groups in total. The van der Waals surface area contributed by atoms with E-state index in [1.165, 1.54) is 11.3 Å². The highest BCUT2D eigenvalue weighted by Crippen LogP contribution is 2.35. The van der Waals surface area contributed by atoms with Gasteiger partial charge >= 0.3 is 0 Å². The number of benzene rings is 2. The molecular formula is C25H25N3O2S. The Morgan fingerprint density at radius 1 is 1.13 bits per heavy atom. The zero-order valence-corrected chi connectivity index (χ0v) is 18.4. The largest absolute Gasteiger partial charge is 0.308 e. The van der Waals surface area contributed by atoms with Crippen molar-refractivity contribution in [3.8, 4) is 11.3 Å². The summed E-state index contributed by atoms with van der Waals surface area (Å²) in [6.07, 6.45) is 5.06. The van der Waals surface area contributed by atoms with Gasteiger partial charge in [0.05, 0.1) is 5.69 Å². The fourth-order valence-corrected chi connectivity index (χ4v) is 5.31. The SMILES string of the molecule is Cc1ccccc1C(=O)N1CCc2cc(-c3csc(NC(=O)C4CCCC4)n3)ccc21. The number of aromatic nitrogens is 1. The molecule has 5 rings (SSSR count). The third-order valence-electron chi connectivity index (χ3n) is 6.35. The summed E-state index contributed by atoms with van der Waals surface area (Å²) in [5.41, 5.74) is 5.75. The summed E-state index contributed by atoms with van der Waals surface area (Å²) in [5.74, 6) is 0.275. The average molecular weight is 432 g/mol. The van der Waals surface area contributed by atoms with Crippen molar-refractivity contribution >= 4 is 34.0 Å². The summed E-state index contributed by atoms with van der Waals surface area (Å²) in [6.45, 7) is 2.66. The van der Waals surface area contributed by atoms with Crippen LogP contribution in [0.5, 0.6) is 0 Å². The smallest absolute Gasteiger partial charge is 0.258 e. The van der Waals surface area contributed by atoms with Crippen LogP contribution in [0.1, 0.15) is 47.2 Å². The van der Waals surface area contributed by atoms with E-state index >= 15 is 0 Å². The van der Waals surface area contributed by atoms with E-state index in [4.69, 9.17) is 0 Å². The predicted octanol–water partition coefficient (Wildman–Crippen LogP) is 5.45. The van der Waals surface area contributed by atoms with Crippen LogP contribution in [0.3, 0.4) is 0 Å². The summed E-state index contributed by atoms with van der Waals surface area (Å²) in [5, 5.41) is 5.63. The maximum absolute atomic E-state index is 13.1. The van der Waals surface area contributed by atoms with Gasteiger partial charge in [-0.25, -0.2) is 4.98 Å². The van der Waals surface area contributed by atoms with Gasteiger partial charge in [0.1, 0.15) is 0 Å². The Morgan fingerprint density at radius 3 is 2.74 bits per heavy atom. The van der Waals surface area contributed by atoms with Gasteiger partial charge in [-0.3, -0.25) is 9.59 Å². The number of hydrogen-bond acceptors (Lipinski definition) is 4. The Bertz CT molecular complexity index is 1150. The number of thiazole rings is 1. The van der Waals surface area contributed by atoms with E-state index in [0.717, 1.165) is 65.7 Å². The van der Waals surface area contributed by atoms with Crippen molar-refractivity contribution < 1.29 is 9.59 Å². The first-order valence-electron chi connectivity index (χ1n) is 10.9. The number of rotatable bonds is 4. The van der Waals surface area contributed by atoms with E-state index in [9.17, 15) is 9.59 Å². The maximum atomic E-state index is 13.1. The molecule has 2 aliphatic rings. The van der Waals surface area contributed by atoms with E-state index in [0.29, 0.717) is 11.7 Å². The number of anilines is 2. The number of nitrogens with one attached hydrogen (secondary N) is 1. The third kappa shape index (κ3) is 3.88. The minimum absolute atomic E-state index is 0.0511. The van der Waals surface area contributed by atoms with Crippen molar-refractivity contribution in [1.29, 1.82) is 0 Å². The number of hydrogen-bond donors (Lipinski definition) is 1. The molecule has 2 aromatic carbocycles. The molecule has 31 heavy (non-hydrogen) atoms. The molecule has 2 amide bonds. The van der Waals surface area contributed by atoms with Crippen LogP contribution >= 0.6 is 11.3 Å². The molecule has 1 aliphatic heterocycles. The number of amides is 2. The zero-order valence-electron chi connectivity index (χ0n) is 17.6. The standard InChI is InChI=1S/C25H25N3O2S/c1-16-6-2-5-9-20(16)24(30)28-13-12-19-14-18(10-11-22(19)28)21-15-31-25(26-21)27-23(29)17-7-3-4-8-17/h2,5-6,9-11,14-15,17H,3-4,7-8,12-13H2,1H3,(H,26,27,29). The lowest BCUT2D eigenvalue weighted by Gasteiger charge is -2.18. The zero-order chi connectivity index (χ0) is 21.4. The molecule has 5 nitrogen and oxygen atoms in total. The highest BCUT2D eigenvalue weighted by Gasteiger charge is 2.27. The van der Waals surface area contributed by atoms with Gasteiger partial charge in [0, 0.05) is 34.7 Å². The maximum Gasteiger partial charge on any atom is 0.258 e. The van der Waals surface area contributed by atoms with Crippen molar-refractivity contribution in [3.63, 3.8) is 0 Å². The van der Waals surface area contributed by atoms with Crippen molar-refractivity contribution in [3.05, 3.63) is 64.5 Å². The number of carbonyl (C=O) groups excluding carboxylic acids is 2. The molecule has 1 aliphatic carbocycles. The van der Waals surface area contributed by atoms with Crippen molar-refractivity contribution in [2.45, 2.75) is 39.0 Å². The van der Waals surface area contributed by atoms with E-state index in [1.807, 2.05) is 53.6 Å². The summed E-state index contributed by atoms with van der Waals surface area (Å²) < 4.78 is 0. The van der Waals surface area contributed by atoms with E-state index < -0.39 is 0 Å². The Labute approximate surface area is 186 Å². The topological polar surface area (TPSA) is 62.3 Å². The lowest BCUT2D eigenvalue weighted by atomic mass is 10.1. The monoisotopic (exact) mass is 431 g/mol. The highest BCUT2D eigenvalue weighted by atomic mass is 32.1. The molecule has 0 spiro atoms. The van der Waals surface area contributed by atoms with Gasteiger partial charge in [-0.2, -0.15) is 0 Å². The second kappa shape index (κ2) is 8.27. The molecule has 3 aromatic rings. The molecule has 2 heterocycles. The first-order valence-corrected chi connectivity index (χ1v) is 11.8.